The fourth-order valence-corrected chi connectivity index (χ4v) is 4.13. The van der Waals surface area contributed by atoms with E-state index in [0.29, 0.717) is 11.1 Å². The number of ketones is 2. The summed E-state index contributed by atoms with van der Waals surface area (Å²) in [5, 5.41) is 20.2. The highest BCUT2D eigenvalue weighted by atomic mass is 35.5. The lowest BCUT2D eigenvalue weighted by atomic mass is 9.76. The van der Waals surface area contributed by atoms with Crippen LogP contribution < -0.4 is 0 Å². The fourth-order valence-electron chi connectivity index (χ4n) is 3.64. The van der Waals surface area contributed by atoms with Gasteiger partial charge >= 0.3 is 11.9 Å². The van der Waals surface area contributed by atoms with Gasteiger partial charge in [0.1, 0.15) is 0 Å². The lowest BCUT2D eigenvalue weighted by molar-refractivity contribution is -0.164. The van der Waals surface area contributed by atoms with Crippen LogP contribution >= 0.6 is 23.2 Å². The van der Waals surface area contributed by atoms with Gasteiger partial charge in [0.05, 0.1) is 0 Å². The minimum Gasteiger partial charge on any atom is -0.480 e. The number of carbonyl (C=O) groups excluding carboxylic acids is 2. The molecule has 0 spiro atoms. The monoisotopic (exact) mass is 520 g/mol. The van der Waals surface area contributed by atoms with Crippen molar-refractivity contribution in [2.45, 2.75) is 54.4 Å². The van der Waals surface area contributed by atoms with E-state index in [1.165, 1.54) is 36.4 Å². The van der Waals surface area contributed by atoms with E-state index in [1.54, 1.807) is 41.5 Å². The predicted octanol–water partition coefficient (Wildman–Crippen LogP) is 6.39. The number of aliphatic carboxylic acids is 2. The number of carbonyl (C=O) groups is 4. The molecule has 6 nitrogen and oxygen atoms in total. The van der Waals surface area contributed by atoms with E-state index in [4.69, 9.17) is 23.2 Å². The third kappa shape index (κ3) is 6.30. The Morgan fingerprint density at radius 1 is 0.657 bits per heavy atom. The second-order valence-electron chi connectivity index (χ2n) is 10.8. The van der Waals surface area contributed by atoms with Crippen molar-refractivity contribution in [1.82, 2.24) is 0 Å². The van der Waals surface area contributed by atoms with Gasteiger partial charge in [-0.15, -0.1) is 0 Å². The Kier molecular flexibility index (Phi) is 8.25. The second kappa shape index (κ2) is 10.1. The van der Waals surface area contributed by atoms with Gasteiger partial charge in [-0.2, -0.15) is 0 Å². The summed E-state index contributed by atoms with van der Waals surface area (Å²) in [5.74, 6) is -3.40. The average Bonchev–Trinajstić information content (AvgIpc) is 2.72. The summed E-state index contributed by atoms with van der Waals surface area (Å²) in [6.07, 6.45) is -0.862. The third-order valence-corrected chi connectivity index (χ3v) is 6.50. The van der Waals surface area contributed by atoms with Gasteiger partial charge in [0.2, 0.25) is 0 Å². The van der Waals surface area contributed by atoms with Gasteiger partial charge in [0, 0.05) is 44.8 Å². The van der Waals surface area contributed by atoms with Crippen LogP contribution in [0.5, 0.6) is 0 Å². The van der Waals surface area contributed by atoms with E-state index in [0.717, 1.165) is 0 Å². The average molecular weight is 521 g/mol. The largest absolute Gasteiger partial charge is 0.480 e. The Bertz CT molecular complexity index is 1090. The molecule has 35 heavy (non-hydrogen) atoms. The van der Waals surface area contributed by atoms with Crippen molar-refractivity contribution in [3.8, 4) is 0 Å². The molecule has 2 aromatic carbocycles. The lowest BCUT2D eigenvalue weighted by Gasteiger charge is -2.26. The van der Waals surface area contributed by atoms with Gasteiger partial charge in [-0.05, 0) is 23.3 Å². The molecule has 0 radical (unpaired) electrons. The van der Waals surface area contributed by atoms with Gasteiger partial charge in [-0.3, -0.25) is 19.2 Å². The minimum absolute atomic E-state index is 0.101. The number of Topliss-reactive ketones (excluding diaryl/α,β-unsaturated/α-hetero) is 2. The zero-order valence-corrected chi connectivity index (χ0v) is 22.2. The van der Waals surface area contributed by atoms with Crippen molar-refractivity contribution in [1.29, 1.82) is 0 Å². The first-order valence-corrected chi connectivity index (χ1v) is 11.8. The Morgan fingerprint density at radius 3 is 1.20 bits per heavy atom. The normalized spacial score (nSPS) is 12.3. The lowest BCUT2D eigenvalue weighted by Crippen LogP contribution is -2.43. The van der Waals surface area contributed by atoms with Crippen LogP contribution in [0.2, 0.25) is 10.0 Å². The molecule has 2 rings (SSSR count). The molecule has 0 saturated carbocycles. The highest BCUT2D eigenvalue weighted by Gasteiger charge is 2.47. The van der Waals surface area contributed by atoms with Crippen LogP contribution in [0.25, 0.3) is 0 Å². The van der Waals surface area contributed by atoms with Crippen molar-refractivity contribution < 1.29 is 29.4 Å². The second-order valence-corrected chi connectivity index (χ2v) is 11.6. The molecular formula is C27H30Cl2O6. The summed E-state index contributed by atoms with van der Waals surface area (Å²) in [6, 6.07) is 8.85. The minimum atomic E-state index is -2.28. The van der Waals surface area contributed by atoms with Crippen LogP contribution in [-0.4, -0.2) is 33.7 Å². The smallest absolute Gasteiger partial charge is 0.321 e. The van der Waals surface area contributed by atoms with E-state index in [1.807, 2.05) is 0 Å². The van der Waals surface area contributed by atoms with Gasteiger partial charge in [-0.1, -0.05) is 89.0 Å². The van der Waals surface area contributed by atoms with Crippen LogP contribution in [0, 0.1) is 16.2 Å². The Balaban J connectivity index is 2.48. The summed E-state index contributed by atoms with van der Waals surface area (Å²) >= 11 is 12.7. The predicted molar refractivity (Wildman–Crippen MR) is 136 cm³/mol. The van der Waals surface area contributed by atoms with Crippen LogP contribution in [0.4, 0.5) is 0 Å². The topological polar surface area (TPSA) is 109 Å². The number of hydrogen-bond donors (Lipinski definition) is 2. The fraction of sp³-hybridized carbons (Fsp3) is 0.407. The first-order valence-electron chi connectivity index (χ1n) is 11.0. The summed E-state index contributed by atoms with van der Waals surface area (Å²) in [7, 11) is 0. The first kappa shape index (κ1) is 28.5. The number of rotatable bonds is 8. The van der Waals surface area contributed by atoms with E-state index >= 15 is 0 Å². The van der Waals surface area contributed by atoms with Gasteiger partial charge in [0.25, 0.3) is 0 Å². The summed E-state index contributed by atoms with van der Waals surface area (Å²) in [5.41, 5.74) is -2.31. The van der Waals surface area contributed by atoms with Gasteiger partial charge in [0.15, 0.2) is 17.0 Å². The zero-order chi connectivity index (χ0) is 26.9. The number of carboxylic acids is 2. The van der Waals surface area contributed by atoms with Crippen LogP contribution in [0.1, 0.15) is 73.4 Å². The van der Waals surface area contributed by atoms with Gasteiger partial charge < -0.3 is 10.2 Å². The van der Waals surface area contributed by atoms with Crippen molar-refractivity contribution >= 4 is 46.7 Å². The van der Waals surface area contributed by atoms with Crippen LogP contribution in [0.3, 0.4) is 0 Å². The third-order valence-electron chi connectivity index (χ3n) is 5.80. The molecule has 0 bridgehead atoms. The molecule has 0 heterocycles. The number of halogens is 2. The molecule has 188 valence electrons. The maximum absolute atomic E-state index is 12.6. The standard InChI is InChI=1S/C27H30Cl2O6/c1-25(2,3)21(30)15-7-9-17(19(28)11-15)13-27(23(32)33,24(34)35)14-18-10-8-16(12-20(18)29)22(31)26(4,5)6/h7-12H,13-14H2,1-6H3,(H,32,33)(H,34,35). The highest BCUT2D eigenvalue weighted by Crippen LogP contribution is 2.36. The summed E-state index contributed by atoms with van der Waals surface area (Å²) < 4.78 is 0. The summed E-state index contributed by atoms with van der Waals surface area (Å²) in [4.78, 5) is 49.8. The Morgan fingerprint density at radius 2 is 0.971 bits per heavy atom. The molecule has 0 aliphatic carbocycles. The first-order chi connectivity index (χ1) is 15.9. The van der Waals surface area contributed by atoms with E-state index in [2.05, 4.69) is 0 Å². The maximum atomic E-state index is 12.6. The van der Waals surface area contributed by atoms with E-state index < -0.39 is 41.0 Å². The van der Waals surface area contributed by atoms with Crippen molar-refractivity contribution in [2.75, 3.05) is 0 Å². The molecule has 2 N–H and O–H groups in total. The molecule has 0 amide bonds. The number of benzene rings is 2. The molecule has 0 atom stereocenters. The van der Waals surface area contributed by atoms with Crippen LogP contribution in [-0.2, 0) is 22.4 Å². The molecule has 8 heteroatoms. The Hall–Kier alpha value is -2.70. The molecule has 0 saturated heterocycles. The highest BCUT2D eigenvalue weighted by molar-refractivity contribution is 6.32. The van der Waals surface area contributed by atoms with E-state index in [-0.39, 0.29) is 32.7 Å². The molecule has 0 fully saturated rings. The SMILES string of the molecule is CC(C)(C)C(=O)c1ccc(CC(Cc2ccc(C(=O)C(C)(C)C)cc2Cl)(C(=O)O)C(=O)O)c(Cl)c1. The van der Waals surface area contributed by atoms with Crippen molar-refractivity contribution in [3.63, 3.8) is 0 Å². The zero-order valence-electron chi connectivity index (χ0n) is 20.7. The molecule has 0 aromatic heterocycles. The van der Waals surface area contributed by atoms with Gasteiger partial charge in [-0.25, -0.2) is 0 Å². The molecule has 2 aromatic rings. The van der Waals surface area contributed by atoms with Crippen molar-refractivity contribution in [3.05, 3.63) is 68.7 Å². The molecule has 0 unspecified atom stereocenters. The number of carboxylic acid groups (broad SMARTS) is 2. The Labute approximate surface area is 215 Å². The molecule has 0 aliphatic heterocycles. The van der Waals surface area contributed by atoms with Crippen molar-refractivity contribution in [2.24, 2.45) is 16.2 Å². The summed E-state index contributed by atoms with van der Waals surface area (Å²) in [6.45, 7) is 10.6. The van der Waals surface area contributed by atoms with Crippen LogP contribution in [0.15, 0.2) is 36.4 Å². The van der Waals surface area contributed by atoms with E-state index in [9.17, 15) is 29.4 Å². The molecular weight excluding hydrogens is 491 g/mol. The molecule has 0 aliphatic rings. The maximum Gasteiger partial charge on any atom is 0.321 e. The number of hydrogen-bond acceptors (Lipinski definition) is 4. The quantitative estimate of drug-likeness (QED) is 0.308.